The first kappa shape index (κ1) is 21.1. The molecule has 1 aliphatic heterocycles. The minimum atomic E-state index is -0.645. The van der Waals surface area contributed by atoms with Gasteiger partial charge in [0.05, 0.1) is 25.4 Å². The van der Waals surface area contributed by atoms with Crippen LogP contribution in [0.1, 0.15) is 44.6 Å². The van der Waals surface area contributed by atoms with Crippen LogP contribution >= 0.6 is 11.8 Å². The molecule has 0 bridgehead atoms. The summed E-state index contributed by atoms with van der Waals surface area (Å²) in [6.45, 7) is 3.80. The van der Waals surface area contributed by atoms with E-state index >= 15 is 0 Å². The highest BCUT2D eigenvalue weighted by Gasteiger charge is 2.31. The standard InChI is InChI=1S/C21H33N3O3S/c1-3-22-20(24-14-21(25)11-12-28-15-21)23-13-16-7-6-10-18(26-2)19(16)27-17-8-4-5-9-17/h6-7,10,17,25H,3-5,8-9,11-15H2,1-2H3,(H2,22,23,24). The Morgan fingerprint density at radius 1 is 1.32 bits per heavy atom. The van der Waals surface area contributed by atoms with Gasteiger partial charge in [0.1, 0.15) is 0 Å². The quantitative estimate of drug-likeness (QED) is 0.454. The van der Waals surface area contributed by atoms with Gasteiger partial charge in [-0.25, -0.2) is 4.99 Å². The average Bonchev–Trinajstić information content (AvgIpc) is 3.37. The summed E-state index contributed by atoms with van der Waals surface area (Å²) in [5.41, 5.74) is 0.367. The van der Waals surface area contributed by atoms with Gasteiger partial charge in [0, 0.05) is 24.4 Å². The van der Waals surface area contributed by atoms with Gasteiger partial charge < -0.3 is 25.2 Å². The predicted octanol–water partition coefficient (Wildman–Crippen LogP) is 2.94. The summed E-state index contributed by atoms with van der Waals surface area (Å²) in [6, 6.07) is 5.96. The van der Waals surface area contributed by atoms with E-state index in [1.807, 2.05) is 25.1 Å². The number of para-hydroxylation sites is 1. The highest BCUT2D eigenvalue weighted by molar-refractivity contribution is 7.99. The molecule has 1 saturated heterocycles. The Morgan fingerprint density at radius 3 is 2.82 bits per heavy atom. The number of hydrogen-bond acceptors (Lipinski definition) is 5. The summed E-state index contributed by atoms with van der Waals surface area (Å²) in [5, 5.41) is 17.1. The van der Waals surface area contributed by atoms with Crippen molar-refractivity contribution in [2.24, 2.45) is 4.99 Å². The fraction of sp³-hybridized carbons (Fsp3) is 0.667. The van der Waals surface area contributed by atoms with Gasteiger partial charge in [-0.1, -0.05) is 12.1 Å². The van der Waals surface area contributed by atoms with Crippen LogP contribution in [0.4, 0.5) is 0 Å². The van der Waals surface area contributed by atoms with E-state index in [0.29, 0.717) is 19.0 Å². The van der Waals surface area contributed by atoms with Crippen LogP contribution in [-0.2, 0) is 6.54 Å². The van der Waals surface area contributed by atoms with Crippen molar-refractivity contribution < 1.29 is 14.6 Å². The molecular weight excluding hydrogens is 374 g/mol. The van der Waals surface area contributed by atoms with E-state index in [4.69, 9.17) is 14.5 Å². The van der Waals surface area contributed by atoms with Gasteiger partial charge in [0.2, 0.25) is 0 Å². The van der Waals surface area contributed by atoms with Gasteiger partial charge in [0.15, 0.2) is 17.5 Å². The molecule has 2 aliphatic rings. The van der Waals surface area contributed by atoms with E-state index in [9.17, 15) is 5.11 Å². The molecule has 1 aromatic rings. The molecule has 1 heterocycles. The predicted molar refractivity (Wildman–Crippen MR) is 116 cm³/mol. The molecule has 2 fully saturated rings. The molecule has 0 amide bonds. The lowest BCUT2D eigenvalue weighted by Gasteiger charge is -2.23. The van der Waals surface area contributed by atoms with Crippen LogP contribution in [0.2, 0.25) is 0 Å². The summed E-state index contributed by atoms with van der Waals surface area (Å²) < 4.78 is 11.8. The van der Waals surface area contributed by atoms with E-state index in [2.05, 4.69) is 10.6 Å². The van der Waals surface area contributed by atoms with E-state index in [-0.39, 0.29) is 6.10 Å². The van der Waals surface area contributed by atoms with E-state index in [1.54, 1.807) is 18.9 Å². The lowest BCUT2D eigenvalue weighted by molar-refractivity contribution is 0.0724. The maximum absolute atomic E-state index is 10.6. The topological polar surface area (TPSA) is 75.1 Å². The summed E-state index contributed by atoms with van der Waals surface area (Å²) >= 11 is 1.80. The first-order valence-electron chi connectivity index (χ1n) is 10.3. The fourth-order valence-electron chi connectivity index (χ4n) is 3.64. The molecule has 0 spiro atoms. The first-order valence-corrected chi connectivity index (χ1v) is 11.4. The Balaban J connectivity index is 1.70. The normalized spacial score (nSPS) is 23.0. The maximum Gasteiger partial charge on any atom is 0.191 e. The number of rotatable bonds is 8. The molecule has 3 N–H and O–H groups in total. The molecule has 0 radical (unpaired) electrons. The zero-order chi connectivity index (χ0) is 19.8. The molecule has 6 nitrogen and oxygen atoms in total. The second-order valence-corrected chi connectivity index (χ2v) is 8.65. The lowest BCUT2D eigenvalue weighted by atomic mass is 10.0. The van der Waals surface area contributed by atoms with Crippen LogP contribution in [0.25, 0.3) is 0 Å². The maximum atomic E-state index is 10.6. The molecule has 28 heavy (non-hydrogen) atoms. The van der Waals surface area contributed by atoms with E-state index < -0.39 is 5.60 Å². The zero-order valence-electron chi connectivity index (χ0n) is 17.0. The number of nitrogens with one attached hydrogen (secondary N) is 2. The van der Waals surface area contributed by atoms with Gasteiger partial charge >= 0.3 is 0 Å². The number of nitrogens with zero attached hydrogens (tertiary/aromatic N) is 1. The number of aliphatic hydroxyl groups is 1. The molecule has 1 aliphatic carbocycles. The summed E-state index contributed by atoms with van der Waals surface area (Å²) in [6.07, 6.45) is 5.73. The minimum Gasteiger partial charge on any atom is -0.493 e. The lowest BCUT2D eigenvalue weighted by Crippen LogP contribution is -2.47. The van der Waals surface area contributed by atoms with Gasteiger partial charge in [-0.15, -0.1) is 0 Å². The highest BCUT2D eigenvalue weighted by Crippen LogP contribution is 2.35. The molecule has 1 aromatic carbocycles. The smallest absolute Gasteiger partial charge is 0.191 e. The molecule has 1 saturated carbocycles. The largest absolute Gasteiger partial charge is 0.493 e. The molecule has 1 atom stereocenters. The van der Waals surface area contributed by atoms with Gasteiger partial charge in [0.25, 0.3) is 0 Å². The van der Waals surface area contributed by atoms with Crippen LogP contribution in [0.5, 0.6) is 11.5 Å². The van der Waals surface area contributed by atoms with Crippen LogP contribution in [0.3, 0.4) is 0 Å². The Labute approximate surface area is 172 Å². The molecule has 0 aromatic heterocycles. The summed E-state index contributed by atoms with van der Waals surface area (Å²) in [5.74, 6) is 4.06. The molecule has 7 heteroatoms. The third-order valence-corrected chi connectivity index (χ3v) is 6.52. The third kappa shape index (κ3) is 5.70. The Bertz CT molecular complexity index is 656. The number of ether oxygens (including phenoxy) is 2. The Hall–Kier alpha value is -1.60. The Morgan fingerprint density at radius 2 is 2.14 bits per heavy atom. The summed E-state index contributed by atoms with van der Waals surface area (Å²) in [4.78, 5) is 4.73. The van der Waals surface area contributed by atoms with Crippen LogP contribution in [0.15, 0.2) is 23.2 Å². The van der Waals surface area contributed by atoms with Crippen molar-refractivity contribution in [3.63, 3.8) is 0 Å². The summed E-state index contributed by atoms with van der Waals surface area (Å²) in [7, 11) is 1.68. The van der Waals surface area contributed by atoms with E-state index in [1.165, 1.54) is 12.8 Å². The number of hydrogen-bond donors (Lipinski definition) is 3. The molecule has 156 valence electrons. The van der Waals surface area contributed by atoms with Crippen LogP contribution in [-0.4, -0.2) is 54.5 Å². The monoisotopic (exact) mass is 407 g/mol. The van der Waals surface area contributed by atoms with Gasteiger partial charge in [-0.05, 0) is 50.8 Å². The first-order chi connectivity index (χ1) is 13.6. The zero-order valence-corrected chi connectivity index (χ0v) is 17.8. The number of methoxy groups -OCH3 is 1. The second-order valence-electron chi connectivity index (χ2n) is 7.55. The van der Waals surface area contributed by atoms with Crippen LogP contribution < -0.4 is 20.1 Å². The van der Waals surface area contributed by atoms with Crippen LogP contribution in [0, 0.1) is 0 Å². The molecule has 1 unspecified atom stereocenters. The number of guanidine groups is 1. The van der Waals surface area contributed by atoms with Gasteiger partial charge in [-0.3, -0.25) is 0 Å². The van der Waals surface area contributed by atoms with Gasteiger partial charge in [-0.2, -0.15) is 11.8 Å². The molecule has 3 rings (SSSR count). The van der Waals surface area contributed by atoms with Crippen molar-refractivity contribution in [2.45, 2.75) is 57.3 Å². The number of aliphatic imine (C=N–C) groups is 1. The SMILES string of the molecule is CCNC(=NCc1cccc(OC)c1OC1CCCC1)NCC1(O)CCSC1. The Kier molecular flexibility index (Phi) is 7.73. The third-order valence-electron chi connectivity index (χ3n) is 5.29. The van der Waals surface area contributed by atoms with Crippen molar-refractivity contribution in [2.75, 3.05) is 31.7 Å². The fourth-order valence-corrected chi connectivity index (χ4v) is 4.94. The van der Waals surface area contributed by atoms with Crippen molar-refractivity contribution in [1.29, 1.82) is 0 Å². The second kappa shape index (κ2) is 10.3. The number of thioether (sulfide) groups is 1. The minimum absolute atomic E-state index is 0.263. The number of benzene rings is 1. The van der Waals surface area contributed by atoms with Crippen molar-refractivity contribution >= 4 is 17.7 Å². The average molecular weight is 408 g/mol. The van der Waals surface area contributed by atoms with Crippen molar-refractivity contribution in [3.05, 3.63) is 23.8 Å². The molecular formula is C21H33N3O3S. The van der Waals surface area contributed by atoms with Crippen molar-refractivity contribution in [3.8, 4) is 11.5 Å². The van der Waals surface area contributed by atoms with E-state index in [0.717, 1.165) is 54.4 Å². The highest BCUT2D eigenvalue weighted by atomic mass is 32.2. The van der Waals surface area contributed by atoms with Crippen molar-refractivity contribution in [1.82, 2.24) is 10.6 Å².